The first kappa shape index (κ1) is 13.8. The molecule has 0 aliphatic carbocycles. The van der Waals surface area contributed by atoms with Crippen LogP contribution >= 0.6 is 0 Å². The summed E-state index contributed by atoms with van der Waals surface area (Å²) in [5.74, 6) is -0.182. The molecule has 0 fully saturated rings. The first-order chi connectivity index (χ1) is 10.2. The van der Waals surface area contributed by atoms with Gasteiger partial charge in [-0.2, -0.15) is 0 Å². The summed E-state index contributed by atoms with van der Waals surface area (Å²) in [5, 5.41) is 0.966. The van der Waals surface area contributed by atoms with E-state index in [0.29, 0.717) is 12.1 Å². The predicted molar refractivity (Wildman–Crippen MR) is 84.9 cm³/mol. The standard InChI is InChI=1S/C18H19FN2/c1-13-12-21(18-15(13)8-5-9-16(18)19)17(10-11-20)14-6-3-2-4-7-14/h2-9,12,17H,10-11,20H2,1H3/t17-/m1/s1. The first-order valence-electron chi connectivity index (χ1n) is 7.23. The van der Waals surface area contributed by atoms with Gasteiger partial charge in [0.1, 0.15) is 5.82 Å². The fourth-order valence-corrected chi connectivity index (χ4v) is 2.98. The Balaban J connectivity index is 2.21. The number of para-hydroxylation sites is 1. The number of fused-ring (bicyclic) bond motifs is 1. The van der Waals surface area contributed by atoms with Gasteiger partial charge < -0.3 is 10.3 Å². The van der Waals surface area contributed by atoms with E-state index >= 15 is 0 Å². The van der Waals surface area contributed by atoms with Gasteiger partial charge >= 0.3 is 0 Å². The number of hydrogen-bond acceptors (Lipinski definition) is 1. The third kappa shape index (κ3) is 2.45. The van der Waals surface area contributed by atoms with E-state index in [-0.39, 0.29) is 11.9 Å². The van der Waals surface area contributed by atoms with Gasteiger partial charge in [-0.15, -0.1) is 0 Å². The zero-order valence-corrected chi connectivity index (χ0v) is 12.1. The van der Waals surface area contributed by atoms with Crippen molar-refractivity contribution in [1.82, 2.24) is 4.57 Å². The van der Waals surface area contributed by atoms with Crippen LogP contribution < -0.4 is 5.73 Å². The summed E-state index contributed by atoms with van der Waals surface area (Å²) in [4.78, 5) is 0. The van der Waals surface area contributed by atoms with Gasteiger partial charge in [0, 0.05) is 11.6 Å². The molecular weight excluding hydrogens is 263 g/mol. The lowest BCUT2D eigenvalue weighted by molar-refractivity contribution is 0.549. The number of nitrogens with zero attached hydrogens (tertiary/aromatic N) is 1. The summed E-state index contributed by atoms with van der Waals surface area (Å²) >= 11 is 0. The number of aromatic nitrogens is 1. The molecule has 0 amide bonds. The molecule has 3 aromatic rings. The molecule has 2 N–H and O–H groups in total. The molecule has 0 unspecified atom stereocenters. The third-order valence-electron chi connectivity index (χ3n) is 3.96. The maximum Gasteiger partial charge on any atom is 0.147 e. The van der Waals surface area contributed by atoms with Crippen LogP contribution in [-0.2, 0) is 0 Å². The van der Waals surface area contributed by atoms with Crippen LogP contribution in [-0.4, -0.2) is 11.1 Å². The third-order valence-corrected chi connectivity index (χ3v) is 3.96. The molecule has 3 rings (SSSR count). The molecule has 0 bridgehead atoms. The van der Waals surface area contributed by atoms with Crippen molar-refractivity contribution in [3.8, 4) is 0 Å². The lowest BCUT2D eigenvalue weighted by Crippen LogP contribution is -2.15. The van der Waals surface area contributed by atoms with Gasteiger partial charge in [-0.25, -0.2) is 4.39 Å². The van der Waals surface area contributed by atoms with Crippen LogP contribution in [0.5, 0.6) is 0 Å². The number of rotatable bonds is 4. The number of aryl methyl sites for hydroxylation is 1. The lowest BCUT2D eigenvalue weighted by atomic mass is 10.0. The summed E-state index contributed by atoms with van der Waals surface area (Å²) in [7, 11) is 0. The van der Waals surface area contributed by atoms with Crippen molar-refractivity contribution in [2.45, 2.75) is 19.4 Å². The fourth-order valence-electron chi connectivity index (χ4n) is 2.98. The van der Waals surface area contributed by atoms with E-state index in [1.54, 1.807) is 6.07 Å². The van der Waals surface area contributed by atoms with Crippen molar-refractivity contribution >= 4 is 10.9 Å². The second-order valence-corrected chi connectivity index (χ2v) is 5.36. The minimum Gasteiger partial charge on any atom is -0.337 e. The Kier molecular flexibility index (Phi) is 3.76. The summed E-state index contributed by atoms with van der Waals surface area (Å²) in [5.41, 5.74) is 8.69. The Morgan fingerprint density at radius 3 is 2.57 bits per heavy atom. The average Bonchev–Trinajstić information content (AvgIpc) is 2.84. The maximum absolute atomic E-state index is 14.3. The molecule has 0 radical (unpaired) electrons. The van der Waals surface area contributed by atoms with Crippen molar-refractivity contribution in [2.24, 2.45) is 5.73 Å². The molecule has 21 heavy (non-hydrogen) atoms. The summed E-state index contributed by atoms with van der Waals surface area (Å²) in [6.45, 7) is 2.58. The van der Waals surface area contributed by atoms with Crippen molar-refractivity contribution < 1.29 is 4.39 Å². The summed E-state index contributed by atoms with van der Waals surface area (Å²) in [6, 6.07) is 15.5. The van der Waals surface area contributed by atoms with E-state index < -0.39 is 0 Å². The maximum atomic E-state index is 14.3. The Bertz CT molecular complexity index is 747. The van der Waals surface area contributed by atoms with Crippen LogP contribution in [0.4, 0.5) is 4.39 Å². The zero-order valence-electron chi connectivity index (χ0n) is 12.1. The second-order valence-electron chi connectivity index (χ2n) is 5.36. The van der Waals surface area contributed by atoms with Crippen molar-refractivity contribution in [1.29, 1.82) is 0 Å². The molecule has 0 saturated carbocycles. The monoisotopic (exact) mass is 282 g/mol. The fraction of sp³-hybridized carbons (Fsp3) is 0.222. The highest BCUT2D eigenvalue weighted by atomic mass is 19.1. The summed E-state index contributed by atoms with van der Waals surface area (Å²) in [6.07, 6.45) is 2.81. The van der Waals surface area contributed by atoms with Crippen LogP contribution in [0.1, 0.15) is 23.6 Å². The predicted octanol–water partition coefficient (Wildman–Crippen LogP) is 4.03. The first-order valence-corrected chi connectivity index (χ1v) is 7.23. The number of hydrogen-bond donors (Lipinski definition) is 1. The number of benzene rings is 2. The normalized spacial score (nSPS) is 12.7. The van der Waals surface area contributed by atoms with Crippen LogP contribution in [0.2, 0.25) is 0 Å². The zero-order chi connectivity index (χ0) is 14.8. The van der Waals surface area contributed by atoms with Crippen molar-refractivity contribution in [3.05, 3.63) is 71.7 Å². The molecule has 1 aromatic heterocycles. The van der Waals surface area contributed by atoms with E-state index in [1.165, 1.54) is 6.07 Å². The highest BCUT2D eigenvalue weighted by Crippen LogP contribution is 2.31. The second kappa shape index (κ2) is 5.70. The highest BCUT2D eigenvalue weighted by molar-refractivity contribution is 5.84. The molecule has 2 aromatic carbocycles. The van der Waals surface area contributed by atoms with E-state index in [0.717, 1.165) is 22.9 Å². The molecule has 0 aliphatic rings. The van der Waals surface area contributed by atoms with Crippen LogP contribution in [0.25, 0.3) is 10.9 Å². The molecule has 1 atom stereocenters. The smallest absolute Gasteiger partial charge is 0.147 e. The van der Waals surface area contributed by atoms with Gasteiger partial charge in [-0.05, 0) is 37.1 Å². The molecule has 0 aliphatic heterocycles. The minimum atomic E-state index is -0.182. The van der Waals surface area contributed by atoms with E-state index in [4.69, 9.17) is 5.73 Å². The molecular formula is C18H19FN2. The molecule has 3 heteroatoms. The molecule has 108 valence electrons. The van der Waals surface area contributed by atoms with Gasteiger partial charge in [0.2, 0.25) is 0 Å². The number of nitrogens with two attached hydrogens (primary N) is 1. The Morgan fingerprint density at radius 2 is 1.86 bits per heavy atom. The van der Waals surface area contributed by atoms with Crippen LogP contribution in [0.3, 0.4) is 0 Å². The molecule has 2 nitrogen and oxygen atoms in total. The van der Waals surface area contributed by atoms with Crippen LogP contribution in [0.15, 0.2) is 54.7 Å². The molecule has 0 spiro atoms. The lowest BCUT2D eigenvalue weighted by Gasteiger charge is -2.20. The Labute approximate surface area is 124 Å². The molecule has 0 saturated heterocycles. The van der Waals surface area contributed by atoms with Gasteiger partial charge in [-0.1, -0.05) is 42.5 Å². The number of halogens is 1. The Hall–Kier alpha value is -2.13. The van der Waals surface area contributed by atoms with Gasteiger partial charge in [0.05, 0.1) is 11.6 Å². The van der Waals surface area contributed by atoms with Crippen LogP contribution in [0, 0.1) is 12.7 Å². The van der Waals surface area contributed by atoms with E-state index in [1.807, 2.05) is 42.0 Å². The minimum absolute atomic E-state index is 0.0595. The topological polar surface area (TPSA) is 30.9 Å². The van der Waals surface area contributed by atoms with E-state index in [2.05, 4.69) is 12.1 Å². The van der Waals surface area contributed by atoms with Gasteiger partial charge in [0.25, 0.3) is 0 Å². The Morgan fingerprint density at radius 1 is 1.10 bits per heavy atom. The highest BCUT2D eigenvalue weighted by Gasteiger charge is 2.18. The summed E-state index contributed by atoms with van der Waals surface area (Å²) < 4.78 is 16.4. The largest absolute Gasteiger partial charge is 0.337 e. The molecule has 1 heterocycles. The SMILES string of the molecule is Cc1cn([C@H](CCN)c2ccccc2)c2c(F)cccc12. The van der Waals surface area contributed by atoms with Crippen molar-refractivity contribution in [2.75, 3.05) is 6.54 Å². The average molecular weight is 282 g/mol. The van der Waals surface area contributed by atoms with Gasteiger partial charge in [-0.3, -0.25) is 0 Å². The van der Waals surface area contributed by atoms with Gasteiger partial charge in [0.15, 0.2) is 0 Å². The quantitative estimate of drug-likeness (QED) is 0.769. The van der Waals surface area contributed by atoms with Crippen molar-refractivity contribution in [3.63, 3.8) is 0 Å². The van der Waals surface area contributed by atoms with E-state index in [9.17, 15) is 4.39 Å².